The average Bonchev–Trinajstić information content (AvgIpc) is 2.76. The number of amides is 2. The molecule has 2 N–H and O–H groups in total. The molecule has 3 aromatic rings. The molecule has 3 aromatic carbocycles. The maximum Gasteiger partial charge on any atom is 0.345 e. The van der Waals surface area contributed by atoms with Crippen molar-refractivity contribution < 1.29 is 19.1 Å². The van der Waals surface area contributed by atoms with Gasteiger partial charge in [-0.25, -0.2) is 10.2 Å². The molecule has 0 radical (unpaired) electrons. The topological polar surface area (TPSA) is 96.9 Å². The van der Waals surface area contributed by atoms with Gasteiger partial charge >= 0.3 is 17.8 Å². The molecule has 0 bridgehead atoms. The molecule has 0 saturated heterocycles. The summed E-state index contributed by atoms with van der Waals surface area (Å²) >= 11 is 9.36. The summed E-state index contributed by atoms with van der Waals surface area (Å²) in [7, 11) is 0. The van der Waals surface area contributed by atoms with E-state index in [0.717, 1.165) is 0 Å². The molecule has 0 atom stereocenters. The lowest BCUT2D eigenvalue weighted by molar-refractivity contribution is -0.136. The fraction of sp³-hybridized carbons (Fsp3) is 0. The maximum absolute atomic E-state index is 12.4. The second-order valence-electron chi connectivity index (χ2n) is 6.07. The van der Waals surface area contributed by atoms with Crippen molar-refractivity contribution in [1.29, 1.82) is 0 Å². The largest absolute Gasteiger partial charge is 0.422 e. The van der Waals surface area contributed by atoms with Gasteiger partial charge in [0.1, 0.15) is 5.75 Å². The number of para-hydroxylation sites is 1. The van der Waals surface area contributed by atoms with Gasteiger partial charge in [-0.2, -0.15) is 5.10 Å². The highest BCUT2D eigenvalue weighted by Crippen LogP contribution is 2.24. The fourth-order valence-electron chi connectivity index (χ4n) is 2.42. The van der Waals surface area contributed by atoms with Crippen molar-refractivity contribution in [1.82, 2.24) is 5.43 Å². The maximum atomic E-state index is 12.4. The van der Waals surface area contributed by atoms with Crippen LogP contribution in [0.15, 0.2) is 82.4 Å². The minimum absolute atomic E-state index is 0.194. The second kappa shape index (κ2) is 10.5. The molecule has 2 amide bonds. The number of ether oxygens (including phenoxy) is 1. The van der Waals surface area contributed by atoms with Crippen LogP contribution in [0.25, 0.3) is 0 Å². The molecule has 3 rings (SSSR count). The van der Waals surface area contributed by atoms with Gasteiger partial charge in [-0.15, -0.1) is 0 Å². The number of halogens is 2. The highest BCUT2D eigenvalue weighted by molar-refractivity contribution is 9.10. The van der Waals surface area contributed by atoms with Crippen LogP contribution in [0.5, 0.6) is 5.75 Å². The van der Waals surface area contributed by atoms with Crippen LogP contribution in [0.1, 0.15) is 15.9 Å². The molecular weight excluding hydrogens is 486 g/mol. The third-order valence-electron chi connectivity index (χ3n) is 3.88. The molecule has 9 heteroatoms. The molecule has 0 fully saturated rings. The van der Waals surface area contributed by atoms with E-state index in [1.165, 1.54) is 6.21 Å². The summed E-state index contributed by atoms with van der Waals surface area (Å²) in [5.41, 5.74) is 3.21. The first-order valence-corrected chi connectivity index (χ1v) is 10.1. The third kappa shape index (κ3) is 6.24. The number of hydrazone groups is 1. The van der Waals surface area contributed by atoms with E-state index in [-0.39, 0.29) is 16.3 Å². The zero-order chi connectivity index (χ0) is 22.2. The summed E-state index contributed by atoms with van der Waals surface area (Å²) in [4.78, 5) is 36.3. The third-order valence-corrected chi connectivity index (χ3v) is 4.70. The number of esters is 1. The van der Waals surface area contributed by atoms with Gasteiger partial charge in [-0.3, -0.25) is 9.59 Å². The number of carbonyl (C=O) groups is 3. The standard InChI is InChI=1S/C22H15BrClN3O4/c23-15-10-11-19(31-22(30)17-8-4-5-9-18(17)24)14(12-15)13-25-27-21(29)20(28)26-16-6-2-1-3-7-16/h1-13H,(H,26,28)(H,27,29)/b25-13-. The summed E-state index contributed by atoms with van der Waals surface area (Å²) in [5, 5.41) is 6.49. The molecule has 156 valence electrons. The first-order valence-electron chi connectivity index (χ1n) is 8.90. The lowest BCUT2D eigenvalue weighted by Crippen LogP contribution is -2.32. The Morgan fingerprint density at radius 2 is 1.65 bits per heavy atom. The van der Waals surface area contributed by atoms with E-state index >= 15 is 0 Å². The Balaban J connectivity index is 1.68. The van der Waals surface area contributed by atoms with Crippen LogP contribution >= 0.6 is 27.5 Å². The van der Waals surface area contributed by atoms with Crippen molar-refractivity contribution in [3.63, 3.8) is 0 Å². The van der Waals surface area contributed by atoms with Crippen molar-refractivity contribution in [2.45, 2.75) is 0 Å². The summed E-state index contributed by atoms with van der Waals surface area (Å²) in [5.74, 6) is -2.28. The van der Waals surface area contributed by atoms with Crippen LogP contribution in [0.2, 0.25) is 5.02 Å². The van der Waals surface area contributed by atoms with E-state index in [1.807, 2.05) is 0 Å². The van der Waals surface area contributed by atoms with E-state index in [2.05, 4.69) is 31.8 Å². The normalized spacial score (nSPS) is 10.5. The quantitative estimate of drug-likeness (QED) is 0.178. The summed E-state index contributed by atoms with van der Waals surface area (Å²) in [6.45, 7) is 0. The fourth-order valence-corrected chi connectivity index (χ4v) is 3.01. The van der Waals surface area contributed by atoms with Gasteiger partial charge in [0.2, 0.25) is 0 Å². The monoisotopic (exact) mass is 499 g/mol. The van der Waals surface area contributed by atoms with Crippen molar-refractivity contribution in [3.05, 3.63) is 93.4 Å². The van der Waals surface area contributed by atoms with Gasteiger partial charge in [-0.1, -0.05) is 57.9 Å². The molecule has 0 aromatic heterocycles. The van der Waals surface area contributed by atoms with Gasteiger partial charge in [0.15, 0.2) is 0 Å². The van der Waals surface area contributed by atoms with E-state index in [4.69, 9.17) is 16.3 Å². The predicted molar refractivity (Wildman–Crippen MR) is 121 cm³/mol. The predicted octanol–water partition coefficient (Wildman–Crippen LogP) is 4.41. The van der Waals surface area contributed by atoms with Gasteiger partial charge < -0.3 is 10.1 Å². The summed E-state index contributed by atoms with van der Waals surface area (Å²) in [6.07, 6.45) is 1.26. The van der Waals surface area contributed by atoms with Crippen LogP contribution < -0.4 is 15.5 Å². The van der Waals surface area contributed by atoms with Crippen LogP contribution in [0.3, 0.4) is 0 Å². The Morgan fingerprint density at radius 1 is 0.935 bits per heavy atom. The van der Waals surface area contributed by atoms with E-state index in [1.54, 1.807) is 72.8 Å². The molecule has 0 saturated carbocycles. The number of hydrogen-bond donors (Lipinski definition) is 2. The molecule has 31 heavy (non-hydrogen) atoms. The molecule has 0 aliphatic heterocycles. The van der Waals surface area contributed by atoms with Crippen molar-refractivity contribution in [2.24, 2.45) is 5.10 Å². The molecule has 0 heterocycles. The van der Waals surface area contributed by atoms with Gasteiger partial charge in [0.25, 0.3) is 0 Å². The highest BCUT2D eigenvalue weighted by atomic mass is 79.9. The minimum atomic E-state index is -0.954. The molecule has 0 unspecified atom stereocenters. The lowest BCUT2D eigenvalue weighted by Gasteiger charge is -2.09. The SMILES string of the molecule is O=C(N/N=C\c1cc(Br)ccc1OC(=O)c1ccccc1Cl)C(=O)Nc1ccccc1. The number of carbonyl (C=O) groups excluding carboxylic acids is 3. The number of nitrogens with zero attached hydrogens (tertiary/aromatic N) is 1. The minimum Gasteiger partial charge on any atom is -0.422 e. The zero-order valence-electron chi connectivity index (χ0n) is 15.8. The first kappa shape index (κ1) is 22.2. The number of anilines is 1. The molecule has 0 aliphatic carbocycles. The van der Waals surface area contributed by atoms with Crippen LogP contribution in [0.4, 0.5) is 5.69 Å². The Bertz CT molecular complexity index is 1150. The van der Waals surface area contributed by atoms with E-state index in [0.29, 0.717) is 15.7 Å². The van der Waals surface area contributed by atoms with Crippen LogP contribution in [-0.2, 0) is 9.59 Å². The zero-order valence-corrected chi connectivity index (χ0v) is 18.2. The average molecular weight is 501 g/mol. The van der Waals surface area contributed by atoms with Gasteiger partial charge in [0.05, 0.1) is 16.8 Å². The Hall–Kier alpha value is -3.49. The van der Waals surface area contributed by atoms with Crippen molar-refractivity contribution in [2.75, 3.05) is 5.32 Å². The Kier molecular flexibility index (Phi) is 7.53. The van der Waals surface area contributed by atoms with Crippen molar-refractivity contribution in [3.8, 4) is 5.75 Å². The number of rotatable bonds is 5. The van der Waals surface area contributed by atoms with Crippen LogP contribution in [-0.4, -0.2) is 24.0 Å². The summed E-state index contributed by atoms with van der Waals surface area (Å²) in [6, 6.07) is 19.9. The van der Waals surface area contributed by atoms with Gasteiger partial charge in [0, 0.05) is 15.7 Å². The Labute approximate surface area is 191 Å². The first-order chi connectivity index (χ1) is 14.9. The van der Waals surface area contributed by atoms with Gasteiger partial charge in [-0.05, 0) is 42.5 Å². The highest BCUT2D eigenvalue weighted by Gasteiger charge is 2.15. The second-order valence-corrected chi connectivity index (χ2v) is 7.39. The smallest absolute Gasteiger partial charge is 0.345 e. The van der Waals surface area contributed by atoms with Crippen molar-refractivity contribution >= 4 is 57.2 Å². The number of benzene rings is 3. The van der Waals surface area contributed by atoms with Crippen LogP contribution in [0, 0.1) is 0 Å². The molecule has 0 spiro atoms. The summed E-state index contributed by atoms with van der Waals surface area (Å²) < 4.78 is 6.12. The molecule has 7 nitrogen and oxygen atoms in total. The number of hydrogen-bond acceptors (Lipinski definition) is 5. The lowest BCUT2D eigenvalue weighted by atomic mass is 10.2. The number of nitrogens with one attached hydrogen (secondary N) is 2. The van der Waals surface area contributed by atoms with E-state index < -0.39 is 17.8 Å². The molecule has 0 aliphatic rings. The Morgan fingerprint density at radius 3 is 2.39 bits per heavy atom. The molecular formula is C22H15BrClN3O4. The van der Waals surface area contributed by atoms with E-state index in [9.17, 15) is 14.4 Å².